The van der Waals surface area contributed by atoms with Crippen LogP contribution >= 0.6 is 11.9 Å². The van der Waals surface area contributed by atoms with Crippen LogP contribution in [0.3, 0.4) is 0 Å². The van der Waals surface area contributed by atoms with E-state index in [1.54, 1.807) is 43.4 Å². The molecule has 0 fully saturated rings. The van der Waals surface area contributed by atoms with Crippen LogP contribution in [0.15, 0.2) is 29.2 Å². The lowest BCUT2D eigenvalue weighted by atomic mass is 10.1. The molecule has 1 aromatic carbocycles. The molecule has 0 unspecified atom stereocenters. The van der Waals surface area contributed by atoms with Crippen LogP contribution < -0.4 is 0 Å². The van der Waals surface area contributed by atoms with Crippen LogP contribution in [0.4, 0.5) is 4.39 Å². The second-order valence-electron chi connectivity index (χ2n) is 3.79. The van der Waals surface area contributed by atoms with Crippen LogP contribution in [0, 0.1) is 5.82 Å². The Labute approximate surface area is 93.6 Å². The zero-order chi connectivity index (χ0) is 11.5. The molecule has 1 rings (SSSR count). The van der Waals surface area contributed by atoms with E-state index < -0.39 is 5.54 Å². The minimum atomic E-state index is -0.604. The van der Waals surface area contributed by atoms with E-state index in [4.69, 9.17) is 0 Å². The first-order valence-electron chi connectivity index (χ1n) is 4.60. The Hall–Kier alpha value is -0.870. The summed E-state index contributed by atoms with van der Waals surface area (Å²) in [7, 11) is 1.77. The number of carbonyl (C=O) groups is 1. The van der Waals surface area contributed by atoms with Gasteiger partial charge in [0.25, 0.3) is 0 Å². The number of likely N-dealkylation sites (N-methyl/N-ethyl adjacent to an activating group) is 1. The average Bonchev–Trinajstić information content (AvgIpc) is 2.21. The van der Waals surface area contributed by atoms with Crippen molar-refractivity contribution in [3.05, 3.63) is 30.1 Å². The maximum atomic E-state index is 13.3. The lowest BCUT2D eigenvalue weighted by Crippen LogP contribution is -2.37. The fourth-order valence-electron chi connectivity index (χ4n) is 0.858. The van der Waals surface area contributed by atoms with Crippen molar-refractivity contribution >= 4 is 18.2 Å². The van der Waals surface area contributed by atoms with Crippen molar-refractivity contribution in [2.24, 2.45) is 0 Å². The SMILES string of the molecule is CN(Sc1ccccc1F)C(C)(C)C=O. The molecule has 0 heterocycles. The van der Waals surface area contributed by atoms with Gasteiger partial charge in [0.2, 0.25) is 0 Å². The largest absolute Gasteiger partial charge is 0.301 e. The van der Waals surface area contributed by atoms with Crippen molar-refractivity contribution in [2.75, 3.05) is 7.05 Å². The van der Waals surface area contributed by atoms with Gasteiger partial charge in [-0.15, -0.1) is 0 Å². The number of carbonyl (C=O) groups excluding carboxylic acids is 1. The number of nitrogens with zero attached hydrogens (tertiary/aromatic N) is 1. The quantitative estimate of drug-likeness (QED) is 0.582. The van der Waals surface area contributed by atoms with Gasteiger partial charge in [-0.25, -0.2) is 8.70 Å². The van der Waals surface area contributed by atoms with Gasteiger partial charge in [-0.3, -0.25) is 0 Å². The molecule has 82 valence electrons. The molecule has 0 radical (unpaired) electrons. The predicted molar refractivity (Wildman–Crippen MR) is 60.2 cm³/mol. The lowest BCUT2D eigenvalue weighted by molar-refractivity contribution is -0.113. The summed E-state index contributed by atoms with van der Waals surface area (Å²) >= 11 is 1.23. The highest BCUT2D eigenvalue weighted by molar-refractivity contribution is 7.97. The van der Waals surface area contributed by atoms with Crippen LogP contribution in [-0.4, -0.2) is 23.2 Å². The van der Waals surface area contributed by atoms with Gasteiger partial charge in [0.15, 0.2) is 0 Å². The van der Waals surface area contributed by atoms with Crippen molar-refractivity contribution in [2.45, 2.75) is 24.3 Å². The molecule has 0 N–H and O–H groups in total. The highest BCUT2D eigenvalue weighted by atomic mass is 32.2. The topological polar surface area (TPSA) is 20.3 Å². The molecule has 0 atom stereocenters. The second-order valence-corrected chi connectivity index (χ2v) is 4.96. The molecule has 2 nitrogen and oxygen atoms in total. The minimum Gasteiger partial charge on any atom is -0.301 e. The highest BCUT2D eigenvalue weighted by Gasteiger charge is 2.24. The van der Waals surface area contributed by atoms with E-state index in [0.29, 0.717) is 4.90 Å². The standard InChI is InChI=1S/C11H14FNOS/c1-11(2,8-14)13(3)15-10-7-5-4-6-9(10)12/h4-8H,1-3H3. The summed E-state index contributed by atoms with van der Waals surface area (Å²) in [5.41, 5.74) is -0.604. The third-order valence-corrected chi connectivity index (χ3v) is 3.44. The van der Waals surface area contributed by atoms with Crippen molar-refractivity contribution < 1.29 is 9.18 Å². The van der Waals surface area contributed by atoms with Crippen molar-refractivity contribution in [3.8, 4) is 0 Å². The van der Waals surface area contributed by atoms with Crippen LogP contribution in [0.1, 0.15) is 13.8 Å². The van der Waals surface area contributed by atoms with Crippen molar-refractivity contribution in [1.82, 2.24) is 4.31 Å². The van der Waals surface area contributed by atoms with Crippen molar-refractivity contribution in [3.63, 3.8) is 0 Å². The molecule has 0 aliphatic carbocycles. The molecule has 4 heteroatoms. The Morgan fingerprint density at radius 2 is 2.00 bits per heavy atom. The van der Waals surface area contributed by atoms with Gasteiger partial charge in [0.1, 0.15) is 12.1 Å². The zero-order valence-corrected chi connectivity index (χ0v) is 9.84. The third-order valence-electron chi connectivity index (χ3n) is 2.17. The van der Waals surface area contributed by atoms with E-state index in [1.165, 1.54) is 18.0 Å². The van der Waals surface area contributed by atoms with Crippen LogP contribution in [0.2, 0.25) is 0 Å². The Bertz CT molecular complexity index is 354. The summed E-state index contributed by atoms with van der Waals surface area (Å²) in [5, 5.41) is 0. The minimum absolute atomic E-state index is 0.268. The first-order valence-corrected chi connectivity index (χ1v) is 5.37. The molecular weight excluding hydrogens is 213 g/mol. The normalized spacial score (nSPS) is 11.8. The Morgan fingerprint density at radius 3 is 2.53 bits per heavy atom. The Balaban J connectivity index is 2.79. The van der Waals surface area contributed by atoms with Crippen LogP contribution in [-0.2, 0) is 4.79 Å². The summed E-state index contributed by atoms with van der Waals surface area (Å²) < 4.78 is 15.0. The number of hydrogen-bond donors (Lipinski definition) is 0. The Morgan fingerprint density at radius 1 is 1.40 bits per heavy atom. The van der Waals surface area contributed by atoms with Gasteiger partial charge in [-0.1, -0.05) is 12.1 Å². The third kappa shape index (κ3) is 3.04. The van der Waals surface area contributed by atoms with Crippen molar-refractivity contribution in [1.29, 1.82) is 0 Å². The van der Waals surface area contributed by atoms with Gasteiger partial charge >= 0.3 is 0 Å². The fraction of sp³-hybridized carbons (Fsp3) is 0.364. The summed E-state index contributed by atoms with van der Waals surface area (Å²) in [4.78, 5) is 11.3. The van der Waals surface area contributed by atoms with Crippen LogP contribution in [0.5, 0.6) is 0 Å². The first-order chi connectivity index (χ1) is 6.97. The molecule has 0 bridgehead atoms. The predicted octanol–water partition coefficient (Wildman–Crippen LogP) is 2.74. The molecule has 0 aliphatic heterocycles. The summed E-state index contributed by atoms with van der Waals surface area (Å²) in [6.07, 6.45) is 0.848. The average molecular weight is 227 g/mol. The summed E-state index contributed by atoms with van der Waals surface area (Å²) in [6, 6.07) is 6.51. The van der Waals surface area contributed by atoms with Crippen LogP contribution in [0.25, 0.3) is 0 Å². The summed E-state index contributed by atoms with van der Waals surface area (Å²) in [6.45, 7) is 3.57. The van der Waals surface area contributed by atoms with Gasteiger partial charge in [0, 0.05) is 0 Å². The number of halogens is 1. The maximum absolute atomic E-state index is 13.3. The van der Waals surface area contributed by atoms with Gasteiger partial charge in [0.05, 0.1) is 10.4 Å². The molecule has 15 heavy (non-hydrogen) atoms. The van der Waals surface area contributed by atoms with E-state index in [2.05, 4.69) is 0 Å². The highest BCUT2D eigenvalue weighted by Crippen LogP contribution is 2.28. The van der Waals surface area contributed by atoms with E-state index in [9.17, 15) is 9.18 Å². The number of benzene rings is 1. The van der Waals surface area contributed by atoms with E-state index in [1.807, 2.05) is 0 Å². The Kier molecular flexibility index (Phi) is 3.88. The first kappa shape index (κ1) is 12.2. The van der Waals surface area contributed by atoms with Gasteiger partial charge < -0.3 is 4.79 Å². The lowest BCUT2D eigenvalue weighted by Gasteiger charge is -2.28. The molecule has 1 aromatic rings. The number of rotatable bonds is 4. The van der Waals surface area contributed by atoms with Gasteiger partial charge in [-0.05, 0) is 45.0 Å². The van der Waals surface area contributed by atoms with E-state index in [0.717, 1.165) is 6.29 Å². The second kappa shape index (κ2) is 4.77. The molecule has 0 spiro atoms. The molecule has 0 saturated heterocycles. The smallest absolute Gasteiger partial charge is 0.140 e. The molecular formula is C11H14FNOS. The van der Waals surface area contributed by atoms with E-state index >= 15 is 0 Å². The summed E-state index contributed by atoms with van der Waals surface area (Å²) in [5.74, 6) is -0.268. The fourth-order valence-corrected chi connectivity index (χ4v) is 1.73. The molecule has 0 aliphatic rings. The number of aldehydes is 1. The number of hydrogen-bond acceptors (Lipinski definition) is 3. The molecule has 0 amide bonds. The molecule has 0 saturated carbocycles. The zero-order valence-electron chi connectivity index (χ0n) is 9.03. The van der Waals surface area contributed by atoms with E-state index in [-0.39, 0.29) is 5.82 Å². The molecule has 0 aromatic heterocycles. The monoisotopic (exact) mass is 227 g/mol. The van der Waals surface area contributed by atoms with Gasteiger partial charge in [-0.2, -0.15) is 0 Å². The maximum Gasteiger partial charge on any atom is 0.140 e.